The van der Waals surface area contributed by atoms with Gasteiger partial charge >= 0.3 is 0 Å². The zero-order valence-electron chi connectivity index (χ0n) is 9.66. The average molecular weight is 218 g/mol. The minimum atomic E-state index is 1.07. The predicted octanol–water partition coefficient (Wildman–Crippen LogP) is 4.98. The molecule has 0 nitrogen and oxygen atoms in total. The molecule has 15 heavy (non-hydrogen) atoms. The van der Waals surface area contributed by atoms with Gasteiger partial charge in [-0.05, 0) is 42.9 Å². The molecule has 0 spiro atoms. The molecule has 0 amide bonds. The van der Waals surface area contributed by atoms with Crippen LogP contribution in [0.1, 0.15) is 30.7 Å². The van der Waals surface area contributed by atoms with E-state index in [1.165, 1.54) is 16.0 Å². The third kappa shape index (κ3) is 4.30. The van der Waals surface area contributed by atoms with Crippen LogP contribution in [0.4, 0.5) is 0 Å². The van der Waals surface area contributed by atoms with Crippen LogP contribution in [-0.2, 0) is 0 Å². The van der Waals surface area contributed by atoms with E-state index in [-0.39, 0.29) is 0 Å². The highest BCUT2D eigenvalue weighted by Gasteiger charge is 1.93. The summed E-state index contributed by atoms with van der Waals surface area (Å²) < 4.78 is 0. The molecule has 1 aromatic heterocycles. The molecule has 0 saturated carbocycles. The fourth-order valence-corrected chi connectivity index (χ4v) is 1.97. The lowest BCUT2D eigenvalue weighted by Crippen LogP contribution is -1.74. The summed E-state index contributed by atoms with van der Waals surface area (Å²) in [5.74, 6) is 0. The Balaban J connectivity index is 2.77. The summed E-state index contributed by atoms with van der Waals surface area (Å²) in [6.07, 6.45) is 11.7. The van der Waals surface area contributed by atoms with Gasteiger partial charge in [-0.15, -0.1) is 11.3 Å². The van der Waals surface area contributed by atoms with Crippen LogP contribution in [0.2, 0.25) is 0 Å². The Morgan fingerprint density at radius 3 is 2.73 bits per heavy atom. The molecule has 0 atom stereocenters. The molecule has 1 heterocycles. The quantitative estimate of drug-likeness (QED) is 0.625. The van der Waals surface area contributed by atoms with Crippen molar-refractivity contribution in [3.8, 4) is 0 Å². The molecule has 0 radical (unpaired) electrons. The van der Waals surface area contributed by atoms with Crippen LogP contribution >= 0.6 is 11.3 Å². The molecule has 1 heteroatoms. The SMILES string of the molecule is C\C=C/C=C\C(=C\c1csc(C)c1)CC. The molecule has 0 saturated heterocycles. The van der Waals surface area contributed by atoms with E-state index in [9.17, 15) is 0 Å². The molecule has 0 N–H and O–H groups in total. The van der Waals surface area contributed by atoms with Crippen molar-refractivity contribution in [2.75, 3.05) is 0 Å². The normalized spacial score (nSPS) is 13.1. The number of hydrogen-bond donors (Lipinski definition) is 0. The van der Waals surface area contributed by atoms with Crippen molar-refractivity contribution >= 4 is 17.4 Å². The van der Waals surface area contributed by atoms with Crippen LogP contribution in [0.3, 0.4) is 0 Å². The van der Waals surface area contributed by atoms with Gasteiger partial charge in [-0.1, -0.05) is 37.3 Å². The molecule has 0 aliphatic heterocycles. The van der Waals surface area contributed by atoms with E-state index in [2.05, 4.69) is 49.6 Å². The third-order valence-corrected chi connectivity index (χ3v) is 3.00. The van der Waals surface area contributed by atoms with Gasteiger partial charge in [0.05, 0.1) is 0 Å². The first-order valence-electron chi connectivity index (χ1n) is 5.31. The molecule has 0 fully saturated rings. The van der Waals surface area contributed by atoms with Gasteiger partial charge in [-0.2, -0.15) is 0 Å². The van der Waals surface area contributed by atoms with E-state index in [1.54, 1.807) is 11.3 Å². The van der Waals surface area contributed by atoms with E-state index in [0.29, 0.717) is 0 Å². The summed E-state index contributed by atoms with van der Waals surface area (Å²) in [7, 11) is 0. The molecule has 80 valence electrons. The summed E-state index contributed by atoms with van der Waals surface area (Å²) in [5.41, 5.74) is 2.69. The lowest BCUT2D eigenvalue weighted by atomic mass is 10.1. The second-order valence-corrected chi connectivity index (χ2v) is 4.56. The molecule has 1 rings (SSSR count). The van der Waals surface area contributed by atoms with Crippen molar-refractivity contribution < 1.29 is 0 Å². The highest BCUT2D eigenvalue weighted by Crippen LogP contribution is 2.17. The van der Waals surface area contributed by atoms with Crippen molar-refractivity contribution in [2.45, 2.75) is 27.2 Å². The molecule has 1 aromatic rings. The van der Waals surface area contributed by atoms with Crippen LogP contribution in [0.15, 0.2) is 41.3 Å². The summed E-state index contributed by atoms with van der Waals surface area (Å²) in [6, 6.07) is 2.23. The zero-order valence-corrected chi connectivity index (χ0v) is 10.5. The number of allylic oxidation sites excluding steroid dienone is 5. The Morgan fingerprint density at radius 1 is 1.40 bits per heavy atom. The van der Waals surface area contributed by atoms with Gasteiger partial charge in [0.1, 0.15) is 0 Å². The topological polar surface area (TPSA) is 0 Å². The number of aryl methyl sites for hydroxylation is 1. The molecule has 0 aromatic carbocycles. The van der Waals surface area contributed by atoms with E-state index in [1.807, 2.05) is 13.0 Å². The molecular weight excluding hydrogens is 200 g/mol. The second kappa shape index (κ2) is 6.41. The van der Waals surface area contributed by atoms with E-state index < -0.39 is 0 Å². The summed E-state index contributed by atoms with van der Waals surface area (Å²) >= 11 is 1.80. The minimum absolute atomic E-state index is 1.07. The van der Waals surface area contributed by atoms with Gasteiger partial charge in [-0.3, -0.25) is 0 Å². The Hall–Kier alpha value is -1.08. The predicted molar refractivity (Wildman–Crippen MR) is 71.3 cm³/mol. The van der Waals surface area contributed by atoms with Gasteiger partial charge in [0.15, 0.2) is 0 Å². The standard InChI is InChI=1S/C14H18S/c1-4-6-7-8-13(5-2)10-14-9-12(3)15-11-14/h4,6-11H,5H2,1-3H3/b6-4-,8-7-,13-10+. The molecular formula is C14H18S. The van der Waals surface area contributed by atoms with E-state index >= 15 is 0 Å². The largest absolute Gasteiger partial charge is 0.149 e. The minimum Gasteiger partial charge on any atom is -0.149 e. The maximum absolute atomic E-state index is 2.25. The highest BCUT2D eigenvalue weighted by molar-refractivity contribution is 7.10. The molecule has 0 aliphatic carbocycles. The van der Waals surface area contributed by atoms with Gasteiger partial charge in [0.2, 0.25) is 0 Å². The van der Waals surface area contributed by atoms with Crippen molar-refractivity contribution in [2.24, 2.45) is 0 Å². The first-order valence-corrected chi connectivity index (χ1v) is 6.19. The lowest BCUT2D eigenvalue weighted by Gasteiger charge is -1.95. The van der Waals surface area contributed by atoms with Crippen LogP contribution < -0.4 is 0 Å². The van der Waals surface area contributed by atoms with Gasteiger partial charge in [0, 0.05) is 4.88 Å². The first kappa shape index (κ1) is 12.0. The van der Waals surface area contributed by atoms with Gasteiger partial charge in [0.25, 0.3) is 0 Å². The van der Waals surface area contributed by atoms with Crippen LogP contribution in [0, 0.1) is 6.92 Å². The molecule has 0 unspecified atom stereocenters. The summed E-state index contributed by atoms with van der Waals surface area (Å²) in [6.45, 7) is 6.36. The Labute approximate surface area is 96.7 Å². The van der Waals surface area contributed by atoms with E-state index in [4.69, 9.17) is 0 Å². The van der Waals surface area contributed by atoms with Gasteiger partial charge in [-0.25, -0.2) is 0 Å². The molecule has 0 aliphatic rings. The summed E-state index contributed by atoms with van der Waals surface area (Å²) in [4.78, 5) is 1.37. The van der Waals surface area contributed by atoms with Gasteiger partial charge < -0.3 is 0 Å². The highest BCUT2D eigenvalue weighted by atomic mass is 32.1. The van der Waals surface area contributed by atoms with E-state index in [0.717, 1.165) is 6.42 Å². The second-order valence-electron chi connectivity index (χ2n) is 3.45. The fraction of sp³-hybridized carbons (Fsp3) is 0.286. The van der Waals surface area contributed by atoms with Crippen LogP contribution in [0.5, 0.6) is 0 Å². The Bertz CT molecular complexity index is 378. The summed E-state index contributed by atoms with van der Waals surface area (Å²) in [5, 5.41) is 2.20. The third-order valence-electron chi connectivity index (χ3n) is 2.13. The van der Waals surface area contributed by atoms with Crippen molar-refractivity contribution in [3.05, 3.63) is 51.8 Å². The maximum Gasteiger partial charge on any atom is 0.00203 e. The number of rotatable bonds is 4. The smallest absolute Gasteiger partial charge is 0.00203 e. The Morgan fingerprint density at radius 2 is 2.20 bits per heavy atom. The average Bonchev–Trinajstić information content (AvgIpc) is 2.63. The van der Waals surface area contributed by atoms with Crippen molar-refractivity contribution in [1.82, 2.24) is 0 Å². The fourth-order valence-electron chi connectivity index (χ4n) is 1.31. The monoisotopic (exact) mass is 218 g/mol. The van der Waals surface area contributed by atoms with Crippen LogP contribution in [-0.4, -0.2) is 0 Å². The lowest BCUT2D eigenvalue weighted by molar-refractivity contribution is 1.16. The number of thiophene rings is 1. The van der Waals surface area contributed by atoms with Crippen LogP contribution in [0.25, 0.3) is 6.08 Å². The first-order chi connectivity index (χ1) is 7.26. The Kier molecular flexibility index (Phi) is 5.13. The molecule has 0 bridgehead atoms. The number of hydrogen-bond acceptors (Lipinski definition) is 1. The van der Waals surface area contributed by atoms with Crippen molar-refractivity contribution in [1.29, 1.82) is 0 Å². The maximum atomic E-state index is 2.25. The van der Waals surface area contributed by atoms with Crippen molar-refractivity contribution in [3.63, 3.8) is 0 Å². The zero-order chi connectivity index (χ0) is 11.1.